The lowest BCUT2D eigenvalue weighted by Gasteiger charge is -2.30. The predicted octanol–water partition coefficient (Wildman–Crippen LogP) is -0.108. The van der Waals surface area contributed by atoms with E-state index in [0.717, 1.165) is 26.2 Å². The fraction of sp³-hybridized carbons (Fsp3) is 0.857. The number of likely N-dealkylation sites (N-methyl/N-ethyl adjacent to an activating group) is 1. The maximum absolute atomic E-state index is 3.97. The zero-order chi connectivity index (χ0) is 7.40. The lowest BCUT2D eigenvalue weighted by Crippen LogP contribution is -2.43. The van der Waals surface area contributed by atoms with Crippen LogP contribution in [0, 0.1) is 0 Å². The van der Waals surface area contributed by atoms with Crippen LogP contribution in [-0.2, 0) is 0 Å². The minimum atomic E-state index is 1.12. The maximum Gasteiger partial charge on any atom is 0.0847 e. The van der Waals surface area contributed by atoms with Gasteiger partial charge in [0.2, 0.25) is 0 Å². The fourth-order valence-electron chi connectivity index (χ4n) is 1.10. The summed E-state index contributed by atoms with van der Waals surface area (Å²) in [5, 5.41) is 0. The smallest absolute Gasteiger partial charge is 0.0847 e. The second kappa shape index (κ2) is 3.56. The second-order valence-electron chi connectivity index (χ2n) is 2.71. The van der Waals surface area contributed by atoms with Crippen molar-refractivity contribution in [1.82, 2.24) is 9.80 Å². The van der Waals surface area contributed by atoms with Gasteiger partial charge in [-0.15, -0.1) is 0 Å². The second-order valence-corrected chi connectivity index (χ2v) is 2.71. The Labute approximate surface area is 62.3 Å². The van der Waals surface area contributed by atoms with Crippen LogP contribution in [0.1, 0.15) is 0 Å². The third kappa shape index (κ3) is 1.99. The molecule has 1 aliphatic rings. The van der Waals surface area contributed by atoms with Gasteiger partial charge in [0.05, 0.1) is 6.34 Å². The van der Waals surface area contributed by atoms with Crippen LogP contribution in [0.15, 0.2) is 4.99 Å². The summed E-state index contributed by atoms with van der Waals surface area (Å²) in [6.45, 7) is 4.56. The highest BCUT2D eigenvalue weighted by molar-refractivity contribution is 5.54. The molecule has 1 rings (SSSR count). The molecule has 0 aromatic carbocycles. The monoisotopic (exact) mass is 141 g/mol. The van der Waals surface area contributed by atoms with Gasteiger partial charge < -0.3 is 9.80 Å². The quantitative estimate of drug-likeness (QED) is 0.375. The molecule has 0 unspecified atom stereocenters. The summed E-state index contributed by atoms with van der Waals surface area (Å²) in [7, 11) is 3.97. The van der Waals surface area contributed by atoms with Gasteiger partial charge in [0.1, 0.15) is 0 Å². The largest absolute Gasteiger partial charge is 0.360 e. The van der Waals surface area contributed by atoms with Crippen LogP contribution in [0.5, 0.6) is 0 Å². The Bertz CT molecular complexity index is 114. The van der Waals surface area contributed by atoms with E-state index >= 15 is 0 Å². The number of hydrogen-bond donors (Lipinski definition) is 0. The molecule has 0 aliphatic carbocycles. The Balaban J connectivity index is 2.26. The fourth-order valence-corrected chi connectivity index (χ4v) is 1.10. The molecule has 0 amide bonds. The molecule has 58 valence electrons. The third-order valence-corrected chi connectivity index (χ3v) is 1.82. The van der Waals surface area contributed by atoms with Gasteiger partial charge in [-0.05, 0) is 7.05 Å². The minimum absolute atomic E-state index is 1.12. The van der Waals surface area contributed by atoms with Crippen LogP contribution in [0.2, 0.25) is 0 Å². The zero-order valence-corrected chi connectivity index (χ0v) is 6.75. The van der Waals surface area contributed by atoms with Crippen molar-refractivity contribution in [2.24, 2.45) is 4.99 Å². The summed E-state index contributed by atoms with van der Waals surface area (Å²) in [6, 6.07) is 0. The predicted molar refractivity (Wildman–Crippen MR) is 43.5 cm³/mol. The van der Waals surface area contributed by atoms with Crippen molar-refractivity contribution in [3.63, 3.8) is 0 Å². The first-order chi connectivity index (χ1) is 4.83. The minimum Gasteiger partial charge on any atom is -0.360 e. The van der Waals surface area contributed by atoms with Gasteiger partial charge in [-0.3, -0.25) is 4.99 Å². The Kier molecular flexibility index (Phi) is 2.68. The van der Waals surface area contributed by atoms with E-state index in [1.165, 1.54) is 0 Å². The summed E-state index contributed by atoms with van der Waals surface area (Å²) in [4.78, 5) is 8.55. The Morgan fingerprint density at radius 3 is 2.30 bits per heavy atom. The van der Waals surface area contributed by atoms with E-state index in [-0.39, 0.29) is 0 Å². The first kappa shape index (κ1) is 7.54. The molecule has 3 nitrogen and oxygen atoms in total. The van der Waals surface area contributed by atoms with Gasteiger partial charge in [0, 0.05) is 33.2 Å². The van der Waals surface area contributed by atoms with E-state index in [4.69, 9.17) is 0 Å². The first-order valence-corrected chi connectivity index (χ1v) is 3.68. The van der Waals surface area contributed by atoms with Gasteiger partial charge in [0.15, 0.2) is 0 Å². The molecule has 1 heterocycles. The summed E-state index contributed by atoms with van der Waals surface area (Å²) in [6.07, 6.45) is 1.92. The molecule has 0 N–H and O–H groups in total. The van der Waals surface area contributed by atoms with Gasteiger partial charge in [-0.25, -0.2) is 0 Å². The maximum atomic E-state index is 3.97. The highest BCUT2D eigenvalue weighted by Crippen LogP contribution is 1.94. The van der Waals surface area contributed by atoms with Gasteiger partial charge in [-0.2, -0.15) is 0 Å². The normalized spacial score (nSPS) is 22.4. The van der Waals surface area contributed by atoms with Gasteiger partial charge in [0.25, 0.3) is 0 Å². The number of rotatable bonds is 1. The Morgan fingerprint density at radius 1 is 1.20 bits per heavy atom. The van der Waals surface area contributed by atoms with Gasteiger partial charge >= 0.3 is 0 Å². The molecule has 1 aliphatic heterocycles. The van der Waals surface area contributed by atoms with Crippen LogP contribution < -0.4 is 0 Å². The Morgan fingerprint density at radius 2 is 1.80 bits per heavy atom. The molecular formula is C7H15N3. The Hall–Kier alpha value is -0.570. The number of aliphatic imine (C=N–C) groups is 1. The summed E-state index contributed by atoms with van der Waals surface area (Å²) >= 11 is 0. The summed E-state index contributed by atoms with van der Waals surface area (Å²) < 4.78 is 0. The molecule has 1 fully saturated rings. The lowest BCUT2D eigenvalue weighted by molar-refractivity contribution is 0.219. The summed E-state index contributed by atoms with van der Waals surface area (Å²) in [5.41, 5.74) is 0. The average molecular weight is 141 g/mol. The van der Waals surface area contributed by atoms with Crippen molar-refractivity contribution in [3.05, 3.63) is 0 Å². The highest BCUT2D eigenvalue weighted by atomic mass is 15.2. The lowest BCUT2D eigenvalue weighted by atomic mass is 10.4. The van der Waals surface area contributed by atoms with E-state index in [0.29, 0.717) is 0 Å². The summed E-state index contributed by atoms with van der Waals surface area (Å²) in [5.74, 6) is 0. The van der Waals surface area contributed by atoms with Crippen molar-refractivity contribution < 1.29 is 0 Å². The molecular weight excluding hydrogens is 126 g/mol. The van der Waals surface area contributed by atoms with E-state index in [1.54, 1.807) is 0 Å². The van der Waals surface area contributed by atoms with Crippen LogP contribution in [0.3, 0.4) is 0 Å². The van der Waals surface area contributed by atoms with Crippen molar-refractivity contribution in [2.75, 3.05) is 40.3 Å². The van der Waals surface area contributed by atoms with Crippen molar-refractivity contribution in [2.45, 2.75) is 0 Å². The van der Waals surface area contributed by atoms with E-state index < -0.39 is 0 Å². The molecule has 10 heavy (non-hydrogen) atoms. The molecule has 0 spiro atoms. The molecule has 3 heteroatoms. The number of hydrogen-bond acceptors (Lipinski definition) is 2. The molecule has 0 aromatic heterocycles. The van der Waals surface area contributed by atoms with Crippen molar-refractivity contribution in [1.29, 1.82) is 0 Å². The molecule has 0 saturated carbocycles. The number of piperazine rings is 1. The van der Waals surface area contributed by atoms with Gasteiger partial charge in [-0.1, -0.05) is 0 Å². The van der Waals surface area contributed by atoms with Crippen LogP contribution in [-0.4, -0.2) is 56.4 Å². The van der Waals surface area contributed by atoms with Crippen LogP contribution in [0.4, 0.5) is 0 Å². The van der Waals surface area contributed by atoms with E-state index in [1.807, 2.05) is 13.4 Å². The highest BCUT2D eigenvalue weighted by Gasteiger charge is 2.09. The molecule has 0 aromatic rings. The zero-order valence-electron chi connectivity index (χ0n) is 6.75. The van der Waals surface area contributed by atoms with Crippen molar-refractivity contribution in [3.8, 4) is 0 Å². The standard InChI is InChI=1S/C7H15N3/c1-8-7-10-5-3-9(2)4-6-10/h7H,3-6H2,1-2H3. The molecule has 0 bridgehead atoms. The van der Waals surface area contributed by atoms with E-state index in [9.17, 15) is 0 Å². The van der Waals surface area contributed by atoms with Crippen LogP contribution >= 0.6 is 0 Å². The SMILES string of the molecule is CN=CN1CCN(C)CC1. The topological polar surface area (TPSA) is 18.8 Å². The molecule has 1 saturated heterocycles. The van der Waals surface area contributed by atoms with Crippen molar-refractivity contribution >= 4 is 6.34 Å². The first-order valence-electron chi connectivity index (χ1n) is 3.68. The molecule has 0 atom stereocenters. The van der Waals surface area contributed by atoms with E-state index in [2.05, 4.69) is 21.8 Å². The number of nitrogens with zero attached hydrogens (tertiary/aromatic N) is 3. The average Bonchev–Trinajstić information content (AvgIpc) is 1.95. The van der Waals surface area contributed by atoms with Crippen LogP contribution in [0.25, 0.3) is 0 Å². The molecule has 0 radical (unpaired) electrons. The third-order valence-electron chi connectivity index (χ3n) is 1.82.